The number of rotatable bonds is 4. The Morgan fingerprint density at radius 1 is 0.962 bits per heavy atom. The highest BCUT2D eigenvalue weighted by Gasteiger charge is 2.37. The summed E-state index contributed by atoms with van der Waals surface area (Å²) in [4.78, 5) is 28.5. The van der Waals surface area contributed by atoms with E-state index < -0.39 is 10.0 Å². The van der Waals surface area contributed by atoms with Crippen LogP contribution in [0.1, 0.15) is 36.0 Å². The second kappa shape index (κ2) is 6.66. The van der Waals surface area contributed by atoms with Crippen molar-refractivity contribution in [3.05, 3.63) is 29.8 Å². The summed E-state index contributed by atoms with van der Waals surface area (Å²) in [6.45, 7) is 2.31. The summed E-state index contributed by atoms with van der Waals surface area (Å²) in [5.41, 5.74) is 0.415. The van der Waals surface area contributed by atoms with Crippen LogP contribution in [0.3, 0.4) is 0 Å². The Hall–Kier alpha value is -1.93. The molecule has 7 nitrogen and oxygen atoms in total. The van der Waals surface area contributed by atoms with Crippen LogP contribution < -0.4 is 0 Å². The highest BCUT2D eigenvalue weighted by molar-refractivity contribution is 7.89. The zero-order valence-electron chi connectivity index (χ0n) is 14.6. The highest BCUT2D eigenvalue weighted by Crippen LogP contribution is 2.28. The Morgan fingerprint density at radius 3 is 2.19 bits per heavy atom. The molecule has 0 bridgehead atoms. The van der Waals surface area contributed by atoms with Crippen LogP contribution in [0.4, 0.5) is 0 Å². The quantitative estimate of drug-likeness (QED) is 0.782. The molecule has 0 spiro atoms. The van der Waals surface area contributed by atoms with Crippen molar-refractivity contribution in [1.82, 2.24) is 14.1 Å². The van der Waals surface area contributed by atoms with Crippen LogP contribution >= 0.6 is 0 Å². The van der Waals surface area contributed by atoms with E-state index in [4.69, 9.17) is 0 Å². The molecule has 0 unspecified atom stereocenters. The van der Waals surface area contributed by atoms with Gasteiger partial charge in [-0.15, -0.1) is 0 Å². The van der Waals surface area contributed by atoms with Crippen molar-refractivity contribution in [3.8, 4) is 0 Å². The van der Waals surface area contributed by atoms with E-state index in [0.717, 1.165) is 25.7 Å². The molecule has 140 valence electrons. The van der Waals surface area contributed by atoms with Crippen molar-refractivity contribution in [2.75, 3.05) is 32.7 Å². The summed E-state index contributed by atoms with van der Waals surface area (Å²) in [5.74, 6) is -0.223. The molecule has 0 radical (unpaired) electrons. The fourth-order valence-electron chi connectivity index (χ4n) is 3.66. The SMILES string of the molecule is O=C(c1ccc(S(=O)(=O)N2CCCC2)cc1)N1CCN(C2CC2)C(=O)C1. The van der Waals surface area contributed by atoms with Gasteiger partial charge in [-0.1, -0.05) is 0 Å². The van der Waals surface area contributed by atoms with Gasteiger partial charge in [-0.2, -0.15) is 4.31 Å². The highest BCUT2D eigenvalue weighted by atomic mass is 32.2. The topological polar surface area (TPSA) is 78.0 Å². The molecule has 1 aliphatic carbocycles. The van der Waals surface area contributed by atoms with Crippen LogP contribution in [0.2, 0.25) is 0 Å². The Kier molecular flexibility index (Phi) is 4.48. The van der Waals surface area contributed by atoms with Crippen LogP contribution in [0.25, 0.3) is 0 Å². The van der Waals surface area contributed by atoms with Gasteiger partial charge in [0.05, 0.1) is 4.90 Å². The number of nitrogens with zero attached hydrogens (tertiary/aromatic N) is 3. The summed E-state index contributed by atoms with van der Waals surface area (Å²) >= 11 is 0. The Morgan fingerprint density at radius 2 is 1.62 bits per heavy atom. The van der Waals surface area contributed by atoms with Crippen LogP contribution in [0.5, 0.6) is 0 Å². The molecule has 3 fully saturated rings. The maximum atomic E-state index is 12.6. The molecule has 2 amide bonds. The predicted molar refractivity (Wildman–Crippen MR) is 95.1 cm³/mol. The average Bonchev–Trinajstić information content (AvgIpc) is 3.32. The third-order valence-electron chi connectivity index (χ3n) is 5.34. The standard InChI is InChI=1S/C18H23N3O4S/c22-17-13-19(11-12-21(17)15-5-6-15)18(23)14-3-7-16(8-4-14)26(24,25)20-9-1-2-10-20/h3-4,7-8,15H,1-2,5-6,9-13H2. The molecule has 1 aromatic rings. The molecule has 1 saturated carbocycles. The third-order valence-corrected chi connectivity index (χ3v) is 7.25. The molecular formula is C18H23N3O4S. The molecule has 0 N–H and O–H groups in total. The molecule has 4 rings (SSSR count). The first kappa shape index (κ1) is 17.5. The normalized spacial score (nSPS) is 22.1. The van der Waals surface area contributed by atoms with E-state index in [9.17, 15) is 18.0 Å². The summed E-state index contributed by atoms with van der Waals surface area (Å²) in [6.07, 6.45) is 3.90. The number of hydrogen-bond donors (Lipinski definition) is 0. The number of sulfonamides is 1. The molecule has 0 atom stereocenters. The fourth-order valence-corrected chi connectivity index (χ4v) is 5.18. The molecule has 1 aromatic carbocycles. The van der Waals surface area contributed by atoms with Crippen molar-refractivity contribution in [3.63, 3.8) is 0 Å². The van der Waals surface area contributed by atoms with Gasteiger partial charge < -0.3 is 9.80 Å². The lowest BCUT2D eigenvalue weighted by Gasteiger charge is -2.34. The maximum absolute atomic E-state index is 12.6. The molecule has 2 saturated heterocycles. The third kappa shape index (κ3) is 3.23. The minimum Gasteiger partial charge on any atom is -0.336 e. The Balaban J connectivity index is 1.45. The van der Waals surface area contributed by atoms with Gasteiger partial charge >= 0.3 is 0 Å². The van der Waals surface area contributed by atoms with Crippen molar-refractivity contribution < 1.29 is 18.0 Å². The summed E-state index contributed by atoms with van der Waals surface area (Å²) in [5, 5.41) is 0. The minimum atomic E-state index is -3.48. The largest absolute Gasteiger partial charge is 0.336 e. The van der Waals surface area contributed by atoms with E-state index in [-0.39, 0.29) is 23.3 Å². The van der Waals surface area contributed by atoms with Gasteiger partial charge in [0.15, 0.2) is 0 Å². The first-order chi connectivity index (χ1) is 12.5. The summed E-state index contributed by atoms with van der Waals surface area (Å²) in [7, 11) is -3.48. The maximum Gasteiger partial charge on any atom is 0.254 e. The number of carbonyl (C=O) groups excluding carboxylic acids is 2. The van der Waals surface area contributed by atoms with Gasteiger partial charge in [-0.3, -0.25) is 9.59 Å². The number of piperazine rings is 1. The second-order valence-electron chi connectivity index (χ2n) is 7.18. The van der Waals surface area contributed by atoms with Gasteiger partial charge in [-0.25, -0.2) is 8.42 Å². The fraction of sp³-hybridized carbons (Fsp3) is 0.556. The van der Waals surface area contributed by atoms with Crippen molar-refractivity contribution in [2.45, 2.75) is 36.6 Å². The summed E-state index contributed by atoms with van der Waals surface area (Å²) in [6, 6.07) is 6.44. The van der Waals surface area contributed by atoms with E-state index >= 15 is 0 Å². The van der Waals surface area contributed by atoms with Crippen LogP contribution in [0.15, 0.2) is 29.2 Å². The Bertz CT molecular complexity index is 811. The van der Waals surface area contributed by atoms with Crippen molar-refractivity contribution in [2.24, 2.45) is 0 Å². The lowest BCUT2D eigenvalue weighted by Crippen LogP contribution is -2.52. The van der Waals surface area contributed by atoms with E-state index in [2.05, 4.69) is 0 Å². The number of carbonyl (C=O) groups is 2. The van der Waals surface area contributed by atoms with Crippen LogP contribution in [0, 0.1) is 0 Å². The van der Waals surface area contributed by atoms with Gasteiger partial charge in [0.25, 0.3) is 5.91 Å². The lowest BCUT2D eigenvalue weighted by molar-refractivity contribution is -0.135. The van der Waals surface area contributed by atoms with Crippen LogP contribution in [-0.2, 0) is 14.8 Å². The van der Waals surface area contributed by atoms with Gasteiger partial charge in [0.1, 0.15) is 6.54 Å². The monoisotopic (exact) mass is 377 g/mol. The molecule has 0 aromatic heterocycles. The number of hydrogen-bond acceptors (Lipinski definition) is 4. The minimum absolute atomic E-state index is 0.000307. The van der Waals surface area contributed by atoms with Crippen molar-refractivity contribution >= 4 is 21.8 Å². The van der Waals surface area contributed by atoms with E-state index in [1.54, 1.807) is 17.0 Å². The molecule has 2 aliphatic heterocycles. The van der Waals surface area contributed by atoms with Gasteiger partial charge in [0, 0.05) is 37.8 Å². The van der Waals surface area contributed by atoms with E-state index in [1.807, 2.05) is 4.90 Å². The smallest absolute Gasteiger partial charge is 0.254 e. The first-order valence-electron chi connectivity index (χ1n) is 9.16. The van der Waals surface area contributed by atoms with Gasteiger partial charge in [0.2, 0.25) is 15.9 Å². The molecule has 3 aliphatic rings. The molecule has 8 heteroatoms. The number of amides is 2. The van der Waals surface area contributed by atoms with Crippen LogP contribution in [-0.4, -0.2) is 73.1 Å². The van der Waals surface area contributed by atoms with Gasteiger partial charge in [-0.05, 0) is 49.9 Å². The molecule has 26 heavy (non-hydrogen) atoms. The zero-order chi connectivity index (χ0) is 18.3. The van der Waals surface area contributed by atoms with E-state index in [1.165, 1.54) is 16.4 Å². The predicted octanol–water partition coefficient (Wildman–Crippen LogP) is 0.918. The van der Waals surface area contributed by atoms with Crippen molar-refractivity contribution in [1.29, 1.82) is 0 Å². The zero-order valence-corrected chi connectivity index (χ0v) is 15.5. The Labute approximate surface area is 153 Å². The number of benzene rings is 1. The second-order valence-corrected chi connectivity index (χ2v) is 9.12. The summed E-state index contributed by atoms with van der Waals surface area (Å²) < 4.78 is 26.6. The molecular weight excluding hydrogens is 354 g/mol. The first-order valence-corrected chi connectivity index (χ1v) is 10.6. The van der Waals surface area contributed by atoms with E-state index in [0.29, 0.717) is 37.8 Å². The molecule has 2 heterocycles. The average molecular weight is 377 g/mol. The lowest BCUT2D eigenvalue weighted by atomic mass is 10.2.